The molecule has 0 aliphatic rings. The van der Waals surface area contributed by atoms with Crippen LogP contribution in [-0.2, 0) is 7.05 Å². The van der Waals surface area contributed by atoms with E-state index >= 15 is 0 Å². The molecule has 0 spiro atoms. The third-order valence-corrected chi connectivity index (χ3v) is 0.708. The van der Waals surface area contributed by atoms with Gasteiger partial charge in [0.25, 0.3) is 0 Å². The van der Waals surface area contributed by atoms with Crippen molar-refractivity contribution >= 4 is 0 Å². The summed E-state index contributed by atoms with van der Waals surface area (Å²) in [7, 11) is 1.74. The third kappa shape index (κ3) is 1.25. The monoisotopic (exact) mass is 104 g/mol. The number of aryl methyl sites for hydroxylation is 1. The number of rotatable bonds is 0. The van der Waals surface area contributed by atoms with Gasteiger partial charge in [-0.15, -0.1) is 5.10 Å². The third-order valence-electron chi connectivity index (χ3n) is 0.708. The molecule has 4 nitrogen and oxygen atoms in total. The molecule has 0 aliphatic carbocycles. The first kappa shape index (κ1) is 7.54. The Morgan fingerprint density at radius 1 is 1.62 bits per heavy atom. The first-order valence-corrected chi connectivity index (χ1v) is 1.85. The second-order valence-corrected chi connectivity index (χ2v) is 1.22. The van der Waals surface area contributed by atoms with Gasteiger partial charge in [0.15, 0.2) is 0 Å². The van der Waals surface area contributed by atoms with Gasteiger partial charge in [-0.25, -0.2) is 0 Å². The Hall–Kier alpha value is -0.463. The van der Waals surface area contributed by atoms with Gasteiger partial charge >= 0.3 is 18.9 Å². The molecule has 8 heavy (non-hydrogen) atoms. The minimum Gasteiger partial charge on any atom is -0.336 e. The van der Waals surface area contributed by atoms with Crippen LogP contribution in [0.4, 0.5) is 0 Å². The first-order chi connectivity index (χ1) is 3.30. The number of hydrogen-bond donors (Lipinski definition) is 0. The summed E-state index contributed by atoms with van der Waals surface area (Å²) < 4.78 is 1.50. The van der Waals surface area contributed by atoms with Crippen molar-refractivity contribution < 1.29 is 18.9 Å². The SMILES string of the molecule is [CH2-]c1nnnn1C.[Li+]. The second kappa shape index (κ2) is 2.75. The summed E-state index contributed by atoms with van der Waals surface area (Å²) in [5.74, 6) is 0.583. The molecule has 1 heterocycles. The molecule has 0 amide bonds. The molecule has 0 aromatic carbocycles. The van der Waals surface area contributed by atoms with Crippen LogP contribution in [0.25, 0.3) is 0 Å². The zero-order valence-electron chi connectivity index (χ0n) is 5.00. The van der Waals surface area contributed by atoms with Crippen molar-refractivity contribution in [1.82, 2.24) is 20.2 Å². The summed E-state index contributed by atoms with van der Waals surface area (Å²) in [6, 6.07) is 0. The molecule has 0 saturated carbocycles. The Labute approximate surface area is 59.4 Å². The smallest absolute Gasteiger partial charge is 0.336 e. The maximum absolute atomic E-state index is 3.51. The summed E-state index contributed by atoms with van der Waals surface area (Å²) in [6.07, 6.45) is 0. The van der Waals surface area contributed by atoms with Crippen LogP contribution in [0, 0.1) is 6.92 Å². The van der Waals surface area contributed by atoms with Crippen molar-refractivity contribution in [1.29, 1.82) is 0 Å². The zero-order valence-corrected chi connectivity index (χ0v) is 5.00. The molecule has 38 valence electrons. The predicted molar refractivity (Wildman–Crippen MR) is 23.3 cm³/mol. The van der Waals surface area contributed by atoms with Crippen molar-refractivity contribution in [2.75, 3.05) is 0 Å². The van der Waals surface area contributed by atoms with E-state index < -0.39 is 0 Å². The summed E-state index contributed by atoms with van der Waals surface area (Å²) in [4.78, 5) is 0. The Kier molecular flexibility index (Phi) is 2.59. The Bertz CT molecular complexity index is 144. The van der Waals surface area contributed by atoms with Crippen molar-refractivity contribution in [3.63, 3.8) is 0 Å². The summed E-state index contributed by atoms with van der Waals surface area (Å²) in [5.41, 5.74) is 0. The molecule has 0 aliphatic heterocycles. The molecule has 0 bridgehead atoms. The van der Waals surface area contributed by atoms with Crippen LogP contribution >= 0.6 is 0 Å². The van der Waals surface area contributed by atoms with Crippen LogP contribution in [0.3, 0.4) is 0 Å². The van der Waals surface area contributed by atoms with Gasteiger partial charge in [0.2, 0.25) is 0 Å². The molecule has 0 N–H and O–H groups in total. The first-order valence-electron chi connectivity index (χ1n) is 1.85. The topological polar surface area (TPSA) is 43.6 Å². The molecule has 1 aromatic heterocycles. The normalized spacial score (nSPS) is 8.12. The summed E-state index contributed by atoms with van der Waals surface area (Å²) in [6.45, 7) is 3.51. The minimum atomic E-state index is 0. The second-order valence-electron chi connectivity index (χ2n) is 1.22. The summed E-state index contributed by atoms with van der Waals surface area (Å²) >= 11 is 0. The van der Waals surface area contributed by atoms with Crippen molar-refractivity contribution in [3.05, 3.63) is 12.7 Å². The van der Waals surface area contributed by atoms with Crippen molar-refractivity contribution in [3.8, 4) is 0 Å². The molecule has 0 unspecified atom stereocenters. The Morgan fingerprint density at radius 3 is 2.38 bits per heavy atom. The van der Waals surface area contributed by atoms with Gasteiger partial charge in [0.1, 0.15) is 0 Å². The number of nitrogens with zero attached hydrogens (tertiary/aromatic N) is 4. The van der Waals surface area contributed by atoms with Gasteiger partial charge in [-0.2, -0.15) is 0 Å². The van der Waals surface area contributed by atoms with Gasteiger partial charge in [0, 0.05) is 12.9 Å². The number of aromatic nitrogens is 4. The van der Waals surface area contributed by atoms with Crippen molar-refractivity contribution in [2.24, 2.45) is 7.05 Å². The van der Waals surface area contributed by atoms with Gasteiger partial charge in [0.05, 0.1) is 0 Å². The molecule has 1 rings (SSSR count). The maximum Gasteiger partial charge on any atom is 1.00 e. The molecular weight excluding hydrogens is 99.0 g/mol. The standard InChI is InChI=1S/C3H5N4.Li/c1-3-4-5-6-7(3)2;/h1H2,2H3;/q-1;+1. The quantitative estimate of drug-likeness (QED) is 0.252. The van der Waals surface area contributed by atoms with E-state index in [2.05, 4.69) is 22.4 Å². The van der Waals surface area contributed by atoms with E-state index in [-0.39, 0.29) is 18.9 Å². The summed E-state index contributed by atoms with van der Waals surface area (Å²) in [5, 5.41) is 10.3. The fraction of sp³-hybridized carbons (Fsp3) is 0.333. The van der Waals surface area contributed by atoms with E-state index in [9.17, 15) is 0 Å². The van der Waals surface area contributed by atoms with Gasteiger partial charge in [-0.3, -0.25) is 4.68 Å². The molecule has 0 radical (unpaired) electrons. The molecule has 0 atom stereocenters. The van der Waals surface area contributed by atoms with Gasteiger partial charge < -0.3 is 6.92 Å². The molecule has 5 heteroatoms. The zero-order chi connectivity index (χ0) is 5.28. The number of tetrazole rings is 1. The van der Waals surface area contributed by atoms with Crippen LogP contribution in [0.2, 0.25) is 0 Å². The fourth-order valence-corrected chi connectivity index (χ4v) is 0.248. The van der Waals surface area contributed by atoms with E-state index in [0.29, 0.717) is 5.82 Å². The van der Waals surface area contributed by atoms with Crippen LogP contribution in [0.5, 0.6) is 0 Å². The largest absolute Gasteiger partial charge is 1.00 e. The number of hydrogen-bond acceptors (Lipinski definition) is 3. The van der Waals surface area contributed by atoms with E-state index in [0.717, 1.165) is 0 Å². The van der Waals surface area contributed by atoms with E-state index in [4.69, 9.17) is 0 Å². The van der Waals surface area contributed by atoms with E-state index in [1.54, 1.807) is 7.05 Å². The maximum atomic E-state index is 3.51. The Balaban J connectivity index is 0.000000490. The fourth-order valence-electron chi connectivity index (χ4n) is 0.248. The van der Waals surface area contributed by atoms with Crippen LogP contribution in [0.15, 0.2) is 0 Å². The van der Waals surface area contributed by atoms with Gasteiger partial charge in [-0.05, 0) is 10.4 Å². The van der Waals surface area contributed by atoms with Crippen molar-refractivity contribution in [2.45, 2.75) is 0 Å². The molecule has 0 fully saturated rings. The van der Waals surface area contributed by atoms with E-state index in [1.165, 1.54) is 4.68 Å². The van der Waals surface area contributed by atoms with E-state index in [1.807, 2.05) is 0 Å². The van der Waals surface area contributed by atoms with Crippen LogP contribution < -0.4 is 18.9 Å². The molecule has 0 saturated heterocycles. The Morgan fingerprint density at radius 2 is 2.25 bits per heavy atom. The van der Waals surface area contributed by atoms with Gasteiger partial charge in [-0.1, -0.05) is 0 Å². The van der Waals surface area contributed by atoms with Crippen LogP contribution in [-0.4, -0.2) is 20.2 Å². The average molecular weight is 104 g/mol. The minimum absolute atomic E-state index is 0. The molecular formula is C3H5LiN4. The molecule has 1 aromatic rings. The van der Waals surface area contributed by atoms with Crippen LogP contribution in [0.1, 0.15) is 5.82 Å². The average Bonchev–Trinajstić information content (AvgIpc) is 1.91. The predicted octanol–water partition coefficient (Wildman–Crippen LogP) is -3.60.